The molecule has 1 aliphatic carbocycles. The van der Waals surface area contributed by atoms with Crippen molar-refractivity contribution in [2.45, 2.75) is 39.2 Å². The Hall–Kier alpha value is -1.78. The number of hydrogen-bond acceptors (Lipinski definition) is 4. The van der Waals surface area contributed by atoms with Gasteiger partial charge in [-0.25, -0.2) is 0 Å². The third-order valence-corrected chi connectivity index (χ3v) is 4.44. The number of anilines is 1. The quantitative estimate of drug-likeness (QED) is 0.656. The lowest BCUT2D eigenvalue weighted by Gasteiger charge is -2.22. The maximum absolute atomic E-state index is 10.9. The summed E-state index contributed by atoms with van der Waals surface area (Å²) in [5.41, 5.74) is 0.828. The summed E-state index contributed by atoms with van der Waals surface area (Å²) >= 11 is 0. The molecule has 3 unspecified atom stereocenters. The van der Waals surface area contributed by atoms with E-state index >= 15 is 0 Å². The Morgan fingerprint density at radius 1 is 1.40 bits per heavy atom. The van der Waals surface area contributed by atoms with Crippen LogP contribution in [0.5, 0.6) is 5.75 Å². The van der Waals surface area contributed by atoms with Crippen LogP contribution in [0.15, 0.2) is 18.2 Å². The van der Waals surface area contributed by atoms with Gasteiger partial charge in [-0.05, 0) is 24.7 Å². The molecule has 1 aromatic rings. The summed E-state index contributed by atoms with van der Waals surface area (Å²) in [6, 6.07) is 5.22. The molecule has 5 nitrogen and oxygen atoms in total. The molecule has 1 aromatic carbocycles. The highest BCUT2D eigenvalue weighted by atomic mass is 16.6. The van der Waals surface area contributed by atoms with Crippen molar-refractivity contribution in [3.05, 3.63) is 28.3 Å². The zero-order valence-electron chi connectivity index (χ0n) is 12.3. The Morgan fingerprint density at radius 3 is 2.70 bits per heavy atom. The number of rotatable bonds is 5. The highest BCUT2D eigenvalue weighted by molar-refractivity contribution is 5.57. The van der Waals surface area contributed by atoms with Crippen molar-refractivity contribution < 1.29 is 9.66 Å². The summed E-state index contributed by atoms with van der Waals surface area (Å²) in [4.78, 5) is 10.6. The second kappa shape index (κ2) is 6.11. The lowest BCUT2D eigenvalue weighted by atomic mass is 9.93. The van der Waals surface area contributed by atoms with Gasteiger partial charge in [0, 0.05) is 23.9 Å². The lowest BCUT2D eigenvalue weighted by Crippen LogP contribution is -2.24. The fraction of sp³-hybridized carbons (Fsp3) is 0.600. The van der Waals surface area contributed by atoms with Crippen LogP contribution in [-0.2, 0) is 0 Å². The van der Waals surface area contributed by atoms with Crippen LogP contribution in [0.4, 0.5) is 11.4 Å². The summed E-state index contributed by atoms with van der Waals surface area (Å²) in [5.74, 6) is 1.85. The first-order chi connectivity index (χ1) is 9.55. The van der Waals surface area contributed by atoms with Crippen molar-refractivity contribution in [1.29, 1.82) is 0 Å². The van der Waals surface area contributed by atoms with Crippen molar-refractivity contribution in [1.82, 2.24) is 0 Å². The Bertz CT molecular complexity index is 490. The van der Waals surface area contributed by atoms with Gasteiger partial charge in [0.2, 0.25) is 0 Å². The van der Waals surface area contributed by atoms with E-state index in [4.69, 9.17) is 4.74 Å². The Kier molecular flexibility index (Phi) is 4.47. The number of methoxy groups -OCH3 is 1. The van der Waals surface area contributed by atoms with Gasteiger partial charge in [-0.15, -0.1) is 0 Å². The molecule has 5 heteroatoms. The van der Waals surface area contributed by atoms with Crippen molar-refractivity contribution in [3.63, 3.8) is 0 Å². The summed E-state index contributed by atoms with van der Waals surface area (Å²) in [6.07, 6.45) is 3.53. The third-order valence-electron chi connectivity index (χ3n) is 4.44. The van der Waals surface area contributed by atoms with Gasteiger partial charge >= 0.3 is 0 Å². The molecule has 110 valence electrons. The first kappa shape index (κ1) is 14.6. The highest BCUT2D eigenvalue weighted by Gasteiger charge is 2.31. The van der Waals surface area contributed by atoms with E-state index in [0.29, 0.717) is 17.7 Å². The molecular weight excluding hydrogens is 256 g/mol. The first-order valence-corrected chi connectivity index (χ1v) is 7.15. The van der Waals surface area contributed by atoms with Gasteiger partial charge in [0.25, 0.3) is 5.69 Å². The Morgan fingerprint density at radius 2 is 2.15 bits per heavy atom. The minimum atomic E-state index is -0.388. The fourth-order valence-electron chi connectivity index (χ4n) is 3.13. The number of non-ortho nitro benzene ring substituents is 1. The minimum absolute atomic E-state index is 0.0598. The average Bonchev–Trinajstić information content (AvgIpc) is 2.79. The predicted octanol–water partition coefficient (Wildman–Crippen LogP) is 3.84. The first-order valence-electron chi connectivity index (χ1n) is 7.15. The van der Waals surface area contributed by atoms with Crippen LogP contribution in [0.25, 0.3) is 0 Å². The van der Waals surface area contributed by atoms with Gasteiger partial charge in [0.15, 0.2) is 0 Å². The van der Waals surface area contributed by atoms with Gasteiger partial charge in [0.1, 0.15) is 5.75 Å². The predicted molar refractivity (Wildman–Crippen MR) is 79.2 cm³/mol. The van der Waals surface area contributed by atoms with E-state index in [1.165, 1.54) is 26.0 Å². The normalized spacial score (nSPS) is 25.4. The zero-order valence-corrected chi connectivity index (χ0v) is 12.3. The van der Waals surface area contributed by atoms with Crippen LogP contribution >= 0.6 is 0 Å². The number of ether oxygens (including phenoxy) is 1. The topological polar surface area (TPSA) is 64.4 Å². The van der Waals surface area contributed by atoms with Crippen molar-refractivity contribution >= 4 is 11.4 Å². The van der Waals surface area contributed by atoms with Gasteiger partial charge in [0.05, 0.1) is 18.1 Å². The molecule has 0 amide bonds. The van der Waals surface area contributed by atoms with Crippen molar-refractivity contribution in [2.75, 3.05) is 12.4 Å². The number of nitrogens with one attached hydrogen (secondary N) is 1. The number of nitro benzene ring substituents is 1. The largest absolute Gasteiger partial charge is 0.496 e. The molecular formula is C15H22N2O3. The molecule has 2 rings (SSSR count). The van der Waals surface area contributed by atoms with Gasteiger partial charge in [-0.2, -0.15) is 0 Å². The number of nitrogens with zero attached hydrogens (tertiary/aromatic N) is 1. The second-order valence-electron chi connectivity index (χ2n) is 5.53. The Balaban J connectivity index is 2.17. The van der Waals surface area contributed by atoms with Gasteiger partial charge in [-0.1, -0.05) is 20.3 Å². The summed E-state index contributed by atoms with van der Waals surface area (Å²) in [7, 11) is 1.52. The average molecular weight is 278 g/mol. The summed E-state index contributed by atoms with van der Waals surface area (Å²) in [6.45, 7) is 4.48. The van der Waals surface area contributed by atoms with Crippen LogP contribution < -0.4 is 10.1 Å². The van der Waals surface area contributed by atoms with Gasteiger partial charge in [-0.3, -0.25) is 10.1 Å². The number of benzene rings is 1. The molecule has 1 fully saturated rings. The molecule has 0 radical (unpaired) electrons. The van der Waals surface area contributed by atoms with Gasteiger partial charge < -0.3 is 10.1 Å². The molecule has 0 saturated heterocycles. The highest BCUT2D eigenvalue weighted by Crippen LogP contribution is 2.36. The van der Waals surface area contributed by atoms with Crippen molar-refractivity contribution in [2.24, 2.45) is 11.8 Å². The van der Waals surface area contributed by atoms with E-state index < -0.39 is 0 Å². The second-order valence-corrected chi connectivity index (χ2v) is 5.53. The molecule has 0 aromatic heterocycles. The minimum Gasteiger partial charge on any atom is -0.496 e. The number of nitro groups is 1. The molecule has 0 spiro atoms. The van der Waals surface area contributed by atoms with Crippen LogP contribution in [-0.4, -0.2) is 18.1 Å². The smallest absolute Gasteiger partial charge is 0.275 e. The van der Waals surface area contributed by atoms with Crippen LogP contribution in [0, 0.1) is 22.0 Å². The molecule has 1 saturated carbocycles. The van der Waals surface area contributed by atoms with E-state index in [-0.39, 0.29) is 10.6 Å². The van der Waals surface area contributed by atoms with Crippen LogP contribution in [0.1, 0.15) is 33.1 Å². The zero-order chi connectivity index (χ0) is 14.7. The molecule has 1 N–H and O–H groups in total. The van der Waals surface area contributed by atoms with E-state index in [0.717, 1.165) is 18.0 Å². The third kappa shape index (κ3) is 3.03. The van der Waals surface area contributed by atoms with E-state index in [2.05, 4.69) is 19.2 Å². The number of hydrogen-bond donors (Lipinski definition) is 1. The molecule has 0 bridgehead atoms. The van der Waals surface area contributed by atoms with Crippen LogP contribution in [0.2, 0.25) is 0 Å². The summed E-state index contributed by atoms with van der Waals surface area (Å²) in [5, 5.41) is 14.4. The maximum atomic E-state index is 10.9. The Labute approximate surface area is 119 Å². The van der Waals surface area contributed by atoms with E-state index in [1.54, 1.807) is 6.07 Å². The summed E-state index contributed by atoms with van der Waals surface area (Å²) < 4.78 is 5.13. The molecule has 20 heavy (non-hydrogen) atoms. The standard InChI is InChI=1S/C15H22N2O3/c1-4-11-5-6-15(10(11)2)16-12-7-13(17(18)19)9-14(8-12)20-3/h7-11,15-16H,4-6H2,1-3H3. The fourth-order valence-corrected chi connectivity index (χ4v) is 3.13. The van der Waals surface area contributed by atoms with Crippen molar-refractivity contribution in [3.8, 4) is 5.75 Å². The molecule has 1 aliphatic rings. The van der Waals surface area contributed by atoms with Crippen LogP contribution in [0.3, 0.4) is 0 Å². The maximum Gasteiger partial charge on any atom is 0.275 e. The molecule has 0 aliphatic heterocycles. The SMILES string of the molecule is CCC1CCC(Nc2cc(OC)cc([N+](=O)[O-])c2)C1C. The monoisotopic (exact) mass is 278 g/mol. The lowest BCUT2D eigenvalue weighted by molar-refractivity contribution is -0.384. The molecule has 3 atom stereocenters. The molecule has 0 heterocycles. The van der Waals surface area contributed by atoms with E-state index in [1.807, 2.05) is 6.07 Å². The van der Waals surface area contributed by atoms with E-state index in [9.17, 15) is 10.1 Å².